The van der Waals surface area contributed by atoms with Crippen molar-refractivity contribution in [1.82, 2.24) is 29.3 Å². The van der Waals surface area contributed by atoms with Crippen molar-refractivity contribution in [3.63, 3.8) is 0 Å². The second-order valence-corrected chi connectivity index (χ2v) is 8.83. The van der Waals surface area contributed by atoms with E-state index in [1.165, 1.54) is 0 Å². The van der Waals surface area contributed by atoms with Crippen LogP contribution < -0.4 is 4.74 Å². The van der Waals surface area contributed by atoms with Gasteiger partial charge in [0.2, 0.25) is 0 Å². The number of hydrogen-bond acceptors (Lipinski definition) is 7. The second kappa shape index (κ2) is 9.52. The van der Waals surface area contributed by atoms with Gasteiger partial charge in [-0.3, -0.25) is 4.57 Å². The van der Waals surface area contributed by atoms with Crippen molar-refractivity contribution >= 4 is 10.9 Å². The number of nitrogens with zero attached hydrogens (tertiary/aromatic N) is 6. The molecule has 3 aromatic heterocycles. The summed E-state index contributed by atoms with van der Waals surface area (Å²) >= 11 is 0. The fraction of sp³-hybridized carbons (Fsp3) is 0.440. The summed E-state index contributed by atoms with van der Waals surface area (Å²) in [5.74, 6) is 1.93. The molecular formula is C25H30N6O3. The number of imidazole rings is 1. The summed E-state index contributed by atoms with van der Waals surface area (Å²) in [6, 6.07) is 7.81. The van der Waals surface area contributed by atoms with E-state index in [4.69, 9.17) is 19.6 Å². The van der Waals surface area contributed by atoms with Crippen molar-refractivity contribution in [3.8, 4) is 23.1 Å². The van der Waals surface area contributed by atoms with Crippen LogP contribution in [0.3, 0.4) is 0 Å². The van der Waals surface area contributed by atoms with Gasteiger partial charge in [0, 0.05) is 24.4 Å². The number of aliphatic hydroxyl groups is 1. The van der Waals surface area contributed by atoms with E-state index in [0.717, 1.165) is 42.5 Å². The van der Waals surface area contributed by atoms with Crippen LogP contribution in [0.15, 0.2) is 43.0 Å². The van der Waals surface area contributed by atoms with E-state index in [9.17, 15) is 5.11 Å². The molecule has 1 aliphatic heterocycles. The molecule has 2 atom stereocenters. The maximum absolute atomic E-state index is 10.1. The van der Waals surface area contributed by atoms with Crippen LogP contribution in [0.25, 0.3) is 28.2 Å². The Morgan fingerprint density at radius 3 is 2.85 bits per heavy atom. The molecule has 0 spiro atoms. The fourth-order valence-electron chi connectivity index (χ4n) is 4.22. The molecule has 9 heteroatoms. The maximum atomic E-state index is 10.1. The summed E-state index contributed by atoms with van der Waals surface area (Å²) in [5.41, 5.74) is 2.25. The molecule has 2 unspecified atom stereocenters. The SMILES string of the molecule is CCC(O)c1cn(-c2ccnc(-c3nn(C4CCCCO4)c4ccc(OC(C)C)cc34)n2)cn1. The van der Waals surface area contributed by atoms with Gasteiger partial charge in [0.25, 0.3) is 0 Å². The van der Waals surface area contributed by atoms with Crippen molar-refractivity contribution in [3.05, 3.63) is 48.7 Å². The lowest BCUT2D eigenvalue weighted by Crippen LogP contribution is -2.19. The lowest BCUT2D eigenvalue weighted by molar-refractivity contribution is -0.0365. The zero-order chi connectivity index (χ0) is 23.7. The van der Waals surface area contributed by atoms with Crippen molar-refractivity contribution in [2.24, 2.45) is 0 Å². The van der Waals surface area contributed by atoms with Gasteiger partial charge in [0.15, 0.2) is 12.1 Å². The highest BCUT2D eigenvalue weighted by molar-refractivity contribution is 5.92. The van der Waals surface area contributed by atoms with Gasteiger partial charge in [-0.25, -0.2) is 19.6 Å². The molecule has 0 aliphatic carbocycles. The molecule has 4 heterocycles. The van der Waals surface area contributed by atoms with Gasteiger partial charge in [0.05, 0.1) is 23.4 Å². The first-order valence-corrected chi connectivity index (χ1v) is 11.9. The highest BCUT2D eigenvalue weighted by Gasteiger charge is 2.23. The van der Waals surface area contributed by atoms with Crippen LogP contribution in [0.2, 0.25) is 0 Å². The van der Waals surface area contributed by atoms with Crippen LogP contribution in [-0.2, 0) is 4.74 Å². The lowest BCUT2D eigenvalue weighted by atomic mass is 10.1. The molecule has 9 nitrogen and oxygen atoms in total. The third-order valence-corrected chi connectivity index (χ3v) is 5.93. The van der Waals surface area contributed by atoms with Gasteiger partial charge in [0.1, 0.15) is 23.6 Å². The number of rotatable bonds is 7. The first kappa shape index (κ1) is 22.5. The van der Waals surface area contributed by atoms with E-state index in [-0.39, 0.29) is 12.3 Å². The largest absolute Gasteiger partial charge is 0.491 e. The van der Waals surface area contributed by atoms with Crippen molar-refractivity contribution in [2.45, 2.75) is 64.9 Å². The molecule has 1 aromatic carbocycles. The van der Waals surface area contributed by atoms with Gasteiger partial charge in [-0.1, -0.05) is 6.92 Å². The summed E-state index contributed by atoms with van der Waals surface area (Å²) in [6.45, 7) is 6.66. The minimum absolute atomic E-state index is 0.0612. The molecular weight excluding hydrogens is 432 g/mol. The maximum Gasteiger partial charge on any atom is 0.182 e. The Kier molecular flexibility index (Phi) is 6.30. The Balaban J connectivity index is 1.59. The molecule has 5 rings (SSSR count). The van der Waals surface area contributed by atoms with Gasteiger partial charge >= 0.3 is 0 Å². The van der Waals surface area contributed by atoms with Crippen molar-refractivity contribution < 1.29 is 14.6 Å². The smallest absolute Gasteiger partial charge is 0.182 e. The zero-order valence-corrected chi connectivity index (χ0v) is 19.8. The summed E-state index contributed by atoms with van der Waals surface area (Å²) in [5, 5.41) is 16.0. The molecule has 1 N–H and O–H groups in total. The first-order chi connectivity index (χ1) is 16.5. The Hall–Kier alpha value is -3.30. The summed E-state index contributed by atoms with van der Waals surface area (Å²) in [7, 11) is 0. The van der Waals surface area contributed by atoms with Crippen LogP contribution in [0.4, 0.5) is 0 Å². The second-order valence-electron chi connectivity index (χ2n) is 8.83. The van der Waals surface area contributed by atoms with Crippen LogP contribution in [0.1, 0.15) is 64.5 Å². The highest BCUT2D eigenvalue weighted by atomic mass is 16.5. The third kappa shape index (κ3) is 4.41. The number of fused-ring (bicyclic) bond motifs is 1. The van der Waals surface area contributed by atoms with Gasteiger partial charge in [-0.2, -0.15) is 5.10 Å². The Labute approximate surface area is 198 Å². The van der Waals surface area contributed by atoms with Gasteiger partial charge in [-0.15, -0.1) is 0 Å². The molecule has 34 heavy (non-hydrogen) atoms. The number of hydrogen-bond donors (Lipinski definition) is 1. The van der Waals surface area contributed by atoms with Gasteiger partial charge < -0.3 is 14.6 Å². The third-order valence-electron chi connectivity index (χ3n) is 5.93. The number of aromatic nitrogens is 6. The predicted molar refractivity (Wildman–Crippen MR) is 128 cm³/mol. The minimum atomic E-state index is -0.600. The molecule has 178 valence electrons. The van der Waals surface area contributed by atoms with Crippen LogP contribution >= 0.6 is 0 Å². The Morgan fingerprint density at radius 2 is 2.09 bits per heavy atom. The zero-order valence-electron chi connectivity index (χ0n) is 19.8. The number of benzene rings is 1. The van der Waals surface area contributed by atoms with E-state index in [0.29, 0.717) is 29.5 Å². The fourth-order valence-corrected chi connectivity index (χ4v) is 4.22. The highest BCUT2D eigenvalue weighted by Crippen LogP contribution is 2.34. The number of ether oxygens (including phenoxy) is 2. The molecule has 1 saturated heterocycles. The van der Waals surface area contributed by atoms with Crippen molar-refractivity contribution in [1.29, 1.82) is 0 Å². The average molecular weight is 463 g/mol. The predicted octanol–water partition coefficient (Wildman–Crippen LogP) is 4.61. The summed E-state index contributed by atoms with van der Waals surface area (Å²) in [4.78, 5) is 13.6. The van der Waals surface area contributed by atoms with Crippen LogP contribution in [0, 0.1) is 0 Å². The monoisotopic (exact) mass is 462 g/mol. The molecule has 0 bridgehead atoms. The summed E-state index contributed by atoms with van der Waals surface area (Å²) in [6.07, 6.45) is 8.19. The molecule has 4 aromatic rings. The van der Waals surface area contributed by atoms with E-state index in [1.807, 2.05) is 49.7 Å². The standard InChI is InChI=1S/C25H30N6O3/c1-4-21(32)19-14-30(15-27-19)22-10-11-26-25(28-22)24-18-13-17(34-16(2)3)8-9-20(18)31(29-24)23-7-5-6-12-33-23/h8-11,13-16,21,23,32H,4-7,12H2,1-3H3. The van der Waals surface area contributed by atoms with E-state index >= 15 is 0 Å². The molecule has 1 aliphatic rings. The average Bonchev–Trinajstić information content (AvgIpc) is 3.49. The normalized spacial score (nSPS) is 17.4. The van der Waals surface area contributed by atoms with Crippen LogP contribution in [-0.4, -0.2) is 47.1 Å². The van der Waals surface area contributed by atoms with Gasteiger partial charge in [-0.05, 0) is 63.8 Å². The number of aliphatic hydroxyl groups excluding tert-OH is 1. The molecule has 0 amide bonds. The van der Waals surface area contributed by atoms with E-state index in [2.05, 4.69) is 9.97 Å². The first-order valence-electron chi connectivity index (χ1n) is 11.9. The Morgan fingerprint density at radius 1 is 1.21 bits per heavy atom. The minimum Gasteiger partial charge on any atom is -0.491 e. The van der Waals surface area contributed by atoms with E-state index in [1.54, 1.807) is 23.3 Å². The topological polar surface area (TPSA) is 100 Å². The molecule has 0 radical (unpaired) electrons. The summed E-state index contributed by atoms with van der Waals surface area (Å²) < 4.78 is 15.7. The van der Waals surface area contributed by atoms with Crippen LogP contribution in [0.5, 0.6) is 5.75 Å². The quantitative estimate of drug-likeness (QED) is 0.428. The van der Waals surface area contributed by atoms with Crippen molar-refractivity contribution in [2.75, 3.05) is 6.61 Å². The molecule has 0 saturated carbocycles. The molecule has 1 fully saturated rings. The van der Waals surface area contributed by atoms with E-state index < -0.39 is 6.10 Å². The Bertz CT molecular complexity index is 1270. The lowest BCUT2D eigenvalue weighted by Gasteiger charge is -2.23.